The molecule has 5 aliphatic carbocycles. The molecule has 0 bridgehead atoms. The highest BCUT2D eigenvalue weighted by Gasteiger charge is 2.71. The number of hydrogen-bond donors (Lipinski definition) is 9. The van der Waals surface area contributed by atoms with Crippen LogP contribution in [0.4, 0.5) is 0 Å². The first kappa shape index (κ1) is 44.5. The van der Waals surface area contributed by atoms with Crippen LogP contribution in [0.2, 0.25) is 0 Å². The van der Waals surface area contributed by atoms with Crippen LogP contribution in [-0.2, 0) is 38.1 Å². The van der Waals surface area contributed by atoms with Gasteiger partial charge in [0.15, 0.2) is 30.6 Å². The molecule has 0 radical (unpaired) electrons. The van der Waals surface area contributed by atoms with Gasteiger partial charge in [-0.25, -0.2) is 9.59 Å². The number of aliphatic hydroxyl groups excluding tert-OH is 6. The average Bonchev–Trinajstić information content (AvgIpc) is 3.16. The number of hydrogen-bond acceptors (Lipinski definition) is 14. The predicted octanol–water partition coefficient (Wildman–Crippen LogP) is 1.22. The van der Waals surface area contributed by atoms with Gasteiger partial charge in [0, 0.05) is 11.3 Å². The van der Waals surface area contributed by atoms with Crippen molar-refractivity contribution in [3.63, 3.8) is 0 Å². The first-order chi connectivity index (χ1) is 27.3. The molecule has 17 heteroatoms. The Hall–Kier alpha value is -2.58. The lowest BCUT2D eigenvalue weighted by atomic mass is 9.33. The number of fused-ring (bicyclic) bond motifs is 7. The highest BCUT2D eigenvalue weighted by Crippen LogP contribution is 2.75. The number of aliphatic carboxylic acids is 3. The maximum Gasteiger partial charge on any atom is 0.335 e. The van der Waals surface area contributed by atoms with Crippen LogP contribution >= 0.6 is 0 Å². The molecular formula is C42H62O17. The Morgan fingerprint density at radius 2 is 1.32 bits per heavy atom. The molecular weight excluding hydrogens is 776 g/mol. The minimum absolute atomic E-state index is 0.0119. The molecule has 6 fully saturated rings. The van der Waals surface area contributed by atoms with Gasteiger partial charge in [-0.05, 0) is 104 Å². The van der Waals surface area contributed by atoms with Gasteiger partial charge in [-0.1, -0.05) is 40.2 Å². The molecule has 0 aromatic heterocycles. The van der Waals surface area contributed by atoms with Crippen molar-refractivity contribution in [1.82, 2.24) is 0 Å². The van der Waals surface area contributed by atoms with E-state index in [0.717, 1.165) is 24.8 Å². The van der Waals surface area contributed by atoms with E-state index in [-0.39, 0.29) is 29.5 Å². The molecule has 59 heavy (non-hydrogen) atoms. The Morgan fingerprint density at radius 3 is 1.92 bits per heavy atom. The number of ether oxygens (including phenoxy) is 4. The second-order valence-corrected chi connectivity index (χ2v) is 20.5. The van der Waals surface area contributed by atoms with Crippen LogP contribution in [-0.4, -0.2) is 144 Å². The summed E-state index contributed by atoms with van der Waals surface area (Å²) >= 11 is 0. The third-order valence-corrected chi connectivity index (χ3v) is 17.4. The van der Waals surface area contributed by atoms with E-state index in [9.17, 15) is 65.1 Å². The summed E-state index contributed by atoms with van der Waals surface area (Å²) in [6.07, 6.45) is -13.8. The number of aliphatic hydroxyl groups is 6. The van der Waals surface area contributed by atoms with Crippen molar-refractivity contribution in [3.05, 3.63) is 11.6 Å². The van der Waals surface area contributed by atoms with Gasteiger partial charge in [0.25, 0.3) is 0 Å². The SMILES string of the molecule is C[C@@]1(C(=O)O)CC[C@]2(C)CC[C@]3(C)C(=CC(=O)[C@@H]4[C@@]5(C)CC[C@H](O[C@H]6O[C@H](C(=O)O)[C@@H](O)[C@H](O)[C@H]6O[C@@H]6O[C@H](C(=O)O)[C@@H](O)[C@H](O)[C@H]6O)[C@](C)(CO)[C@@H]5CC[C@]43C)[C@@H]2C1. The number of allylic oxidation sites excluding steroid dienone is 2. The molecule has 0 spiro atoms. The number of carbonyl (C=O) groups is 4. The van der Waals surface area contributed by atoms with Gasteiger partial charge >= 0.3 is 17.9 Å². The Kier molecular flexibility index (Phi) is 11.1. The highest BCUT2D eigenvalue weighted by molar-refractivity contribution is 5.95. The predicted molar refractivity (Wildman–Crippen MR) is 201 cm³/mol. The van der Waals surface area contributed by atoms with Crippen LogP contribution in [0.1, 0.15) is 99.3 Å². The van der Waals surface area contributed by atoms with Gasteiger partial charge in [-0.2, -0.15) is 0 Å². The Labute approximate surface area is 342 Å². The molecule has 0 unspecified atom stereocenters. The van der Waals surface area contributed by atoms with E-state index >= 15 is 0 Å². The van der Waals surface area contributed by atoms with E-state index < -0.39 is 125 Å². The van der Waals surface area contributed by atoms with E-state index in [1.54, 1.807) is 0 Å². The number of carboxylic acids is 3. The van der Waals surface area contributed by atoms with Gasteiger partial charge in [-0.3, -0.25) is 9.59 Å². The van der Waals surface area contributed by atoms with Crippen LogP contribution in [0.3, 0.4) is 0 Å². The minimum atomic E-state index is -2.10. The Morgan fingerprint density at radius 1 is 0.729 bits per heavy atom. The highest BCUT2D eigenvalue weighted by atomic mass is 16.8. The first-order valence-corrected chi connectivity index (χ1v) is 20.9. The standard InChI is InChI=1S/C42H62O17/c1-37-11-12-38(2,36(54)55)16-19(37)18-15-20(44)31-39(3)9-8-22(40(4,17-43)21(39)7-10-42(31,6)41(18,5)14-13-37)56-35-30(26(48)25(47)29(58-35)33(52)53)59-34-27(49)23(45)24(46)28(57-34)32(50)51/h15,19,21-31,34-35,43,45-49H,7-14,16-17H2,1-6H3,(H,50,51)(H,52,53)(H,54,55)/t19-,21+,22-,23-,24-,25-,26-,27+,28-,29-,30+,31+,34-,35-,37+,38+,39-,40+,41+,42+/m0/s1. The van der Waals surface area contributed by atoms with Crippen molar-refractivity contribution in [2.24, 2.45) is 50.2 Å². The zero-order chi connectivity index (χ0) is 43.6. The summed E-state index contributed by atoms with van der Waals surface area (Å²) in [5, 5.41) is 94.3. The molecule has 2 heterocycles. The molecule has 7 aliphatic rings. The Bertz CT molecular complexity index is 1750. The van der Waals surface area contributed by atoms with Gasteiger partial charge in [0.05, 0.1) is 18.1 Å². The van der Waals surface area contributed by atoms with Gasteiger partial charge in [0.1, 0.15) is 36.6 Å². The van der Waals surface area contributed by atoms with Crippen LogP contribution in [0.15, 0.2) is 11.6 Å². The molecule has 4 saturated carbocycles. The average molecular weight is 839 g/mol. The third-order valence-electron chi connectivity index (χ3n) is 17.4. The topological polar surface area (TPSA) is 287 Å². The van der Waals surface area contributed by atoms with Gasteiger partial charge < -0.3 is 64.9 Å². The normalized spacial score (nSPS) is 53.5. The summed E-state index contributed by atoms with van der Waals surface area (Å²) in [4.78, 5) is 51.4. The largest absolute Gasteiger partial charge is 0.481 e. The quantitative estimate of drug-likeness (QED) is 0.155. The second-order valence-electron chi connectivity index (χ2n) is 20.5. The third kappa shape index (κ3) is 6.46. The van der Waals surface area contributed by atoms with E-state index in [2.05, 4.69) is 27.7 Å². The van der Waals surface area contributed by atoms with E-state index in [0.29, 0.717) is 32.1 Å². The van der Waals surface area contributed by atoms with Crippen molar-refractivity contribution in [1.29, 1.82) is 0 Å². The molecule has 20 atom stereocenters. The lowest BCUT2D eigenvalue weighted by Crippen LogP contribution is -2.69. The molecule has 7 rings (SSSR count). The molecule has 2 aliphatic heterocycles. The minimum Gasteiger partial charge on any atom is -0.481 e. The maximum atomic E-state index is 14.9. The molecule has 17 nitrogen and oxygen atoms in total. The van der Waals surface area contributed by atoms with Crippen molar-refractivity contribution in [3.8, 4) is 0 Å². The maximum absolute atomic E-state index is 14.9. The summed E-state index contributed by atoms with van der Waals surface area (Å²) in [6, 6.07) is 0. The smallest absolute Gasteiger partial charge is 0.335 e. The van der Waals surface area contributed by atoms with Crippen LogP contribution in [0, 0.1) is 50.2 Å². The number of carboxylic acid groups (broad SMARTS) is 3. The second kappa shape index (κ2) is 14.8. The van der Waals surface area contributed by atoms with Crippen molar-refractivity contribution < 1.29 is 84.1 Å². The van der Waals surface area contributed by atoms with Crippen molar-refractivity contribution in [2.45, 2.75) is 167 Å². The van der Waals surface area contributed by atoms with Crippen molar-refractivity contribution in [2.75, 3.05) is 6.61 Å². The van der Waals surface area contributed by atoms with Crippen LogP contribution in [0.5, 0.6) is 0 Å². The van der Waals surface area contributed by atoms with E-state index in [1.165, 1.54) is 0 Å². The molecule has 0 aromatic carbocycles. The zero-order valence-electron chi connectivity index (χ0n) is 34.5. The number of ketones is 1. The fourth-order valence-corrected chi connectivity index (χ4v) is 13.4. The zero-order valence-corrected chi connectivity index (χ0v) is 34.5. The molecule has 332 valence electrons. The molecule has 0 aromatic rings. The first-order valence-electron chi connectivity index (χ1n) is 20.9. The fraction of sp³-hybridized carbons (Fsp3) is 0.857. The monoisotopic (exact) mass is 838 g/mol. The lowest BCUT2D eigenvalue weighted by Gasteiger charge is -2.70. The number of rotatable bonds is 8. The van der Waals surface area contributed by atoms with Gasteiger partial charge in [0.2, 0.25) is 0 Å². The summed E-state index contributed by atoms with van der Waals surface area (Å²) in [5.41, 5.74) is -2.63. The van der Waals surface area contributed by atoms with Gasteiger partial charge in [-0.15, -0.1) is 0 Å². The summed E-state index contributed by atoms with van der Waals surface area (Å²) in [7, 11) is 0. The fourth-order valence-electron chi connectivity index (χ4n) is 13.4. The molecule has 0 amide bonds. The van der Waals surface area contributed by atoms with Crippen molar-refractivity contribution >= 4 is 23.7 Å². The van der Waals surface area contributed by atoms with Crippen LogP contribution in [0.25, 0.3) is 0 Å². The molecule has 9 N–H and O–H groups in total. The lowest BCUT2D eigenvalue weighted by molar-refractivity contribution is -0.372. The summed E-state index contributed by atoms with van der Waals surface area (Å²) in [5.74, 6) is -5.02. The molecule has 2 saturated heterocycles. The van der Waals surface area contributed by atoms with Crippen LogP contribution < -0.4 is 0 Å². The number of carbonyl (C=O) groups excluding carboxylic acids is 1. The summed E-state index contributed by atoms with van der Waals surface area (Å²) < 4.78 is 23.2. The van der Waals surface area contributed by atoms with E-state index in [4.69, 9.17) is 18.9 Å². The van der Waals surface area contributed by atoms with E-state index in [1.807, 2.05) is 19.9 Å². The summed E-state index contributed by atoms with van der Waals surface area (Å²) in [6.45, 7) is 12.0. The Balaban J connectivity index is 1.19.